The van der Waals surface area contributed by atoms with Gasteiger partial charge in [-0.2, -0.15) is 0 Å². The Labute approximate surface area is 188 Å². The van der Waals surface area contributed by atoms with Crippen LogP contribution in [-0.2, 0) is 26.1 Å². The number of hydrogen-bond acceptors (Lipinski definition) is 7. The van der Waals surface area contributed by atoms with Gasteiger partial charge >= 0.3 is 5.97 Å². The van der Waals surface area contributed by atoms with Crippen LogP contribution in [0.15, 0.2) is 52.7 Å². The smallest absolute Gasteiger partial charge is 0.340 e. The fourth-order valence-electron chi connectivity index (χ4n) is 3.06. The molecule has 3 aromatic rings. The summed E-state index contributed by atoms with van der Waals surface area (Å²) in [5.74, 6) is -1.96. The molecule has 3 N–H and O–H groups in total. The Kier molecular flexibility index (Phi) is 6.92. The lowest BCUT2D eigenvalue weighted by Crippen LogP contribution is -2.33. The number of esters is 1. The molecule has 0 aliphatic heterocycles. The highest BCUT2D eigenvalue weighted by molar-refractivity contribution is 7.89. The van der Waals surface area contributed by atoms with E-state index in [1.54, 1.807) is 42.6 Å². The molecule has 11 heteroatoms. The summed E-state index contributed by atoms with van der Waals surface area (Å²) in [5.41, 5.74) is 2.51. The Bertz CT molecular complexity index is 1260. The maximum Gasteiger partial charge on any atom is 0.340 e. The van der Waals surface area contributed by atoms with E-state index in [0.29, 0.717) is 22.7 Å². The highest BCUT2D eigenvalue weighted by Gasteiger charge is 2.19. The fourth-order valence-corrected chi connectivity index (χ4v) is 4.19. The van der Waals surface area contributed by atoms with Gasteiger partial charge in [0.1, 0.15) is 0 Å². The lowest BCUT2D eigenvalue weighted by atomic mass is 10.2. The molecule has 0 fully saturated rings. The van der Waals surface area contributed by atoms with Crippen LogP contribution in [0.25, 0.3) is 0 Å². The molecule has 32 heavy (non-hydrogen) atoms. The summed E-state index contributed by atoms with van der Waals surface area (Å²) in [7, 11) is -3.77. The third-order valence-electron chi connectivity index (χ3n) is 4.72. The standard InChI is InChI=1S/C21H21N3O6S2/c1-13-10-17(21(27)30-12-19(25)23-20(26)18-4-3-9-31-18)14(2)24(13)11-15-5-7-16(8-6-15)32(22,28)29/h3-10H,11-12H2,1-2H3,(H2,22,28,29)(H,23,25,26). The number of amides is 2. The van der Waals surface area contributed by atoms with Gasteiger partial charge in [-0.05, 0) is 49.1 Å². The van der Waals surface area contributed by atoms with Crippen LogP contribution in [-0.4, -0.2) is 37.4 Å². The number of benzene rings is 1. The molecule has 1 aromatic carbocycles. The van der Waals surface area contributed by atoms with Gasteiger partial charge in [0.25, 0.3) is 11.8 Å². The predicted octanol–water partition coefficient (Wildman–Crippen LogP) is 1.98. The van der Waals surface area contributed by atoms with Crippen molar-refractivity contribution < 1.29 is 27.5 Å². The number of nitrogens with two attached hydrogens (primary N) is 1. The van der Waals surface area contributed by atoms with Gasteiger partial charge in [-0.25, -0.2) is 18.4 Å². The summed E-state index contributed by atoms with van der Waals surface area (Å²) in [6.45, 7) is 3.36. The van der Waals surface area contributed by atoms with Crippen LogP contribution in [0.3, 0.4) is 0 Å². The normalized spacial score (nSPS) is 11.2. The van der Waals surface area contributed by atoms with E-state index < -0.39 is 34.4 Å². The summed E-state index contributed by atoms with van der Waals surface area (Å²) in [6, 6.07) is 11.0. The van der Waals surface area contributed by atoms with Gasteiger partial charge in [-0.15, -0.1) is 11.3 Å². The molecule has 3 rings (SSSR count). The van der Waals surface area contributed by atoms with Crippen molar-refractivity contribution in [3.8, 4) is 0 Å². The minimum atomic E-state index is -3.77. The minimum absolute atomic E-state index is 0.0160. The summed E-state index contributed by atoms with van der Waals surface area (Å²) in [5, 5.41) is 8.99. The molecule has 0 saturated carbocycles. The second-order valence-electron chi connectivity index (χ2n) is 6.99. The van der Waals surface area contributed by atoms with Gasteiger partial charge in [-0.3, -0.25) is 14.9 Å². The third kappa shape index (κ3) is 5.49. The Hall–Kier alpha value is -3.28. The van der Waals surface area contributed by atoms with Crippen molar-refractivity contribution in [1.29, 1.82) is 0 Å². The molecule has 0 radical (unpaired) electrons. The van der Waals surface area contributed by atoms with E-state index in [-0.39, 0.29) is 4.90 Å². The number of nitrogens with one attached hydrogen (secondary N) is 1. The molecule has 0 spiro atoms. The molecule has 0 atom stereocenters. The maximum atomic E-state index is 12.5. The largest absolute Gasteiger partial charge is 0.452 e. The first-order valence-corrected chi connectivity index (χ1v) is 11.8. The third-order valence-corrected chi connectivity index (χ3v) is 6.52. The second-order valence-corrected chi connectivity index (χ2v) is 9.50. The summed E-state index contributed by atoms with van der Waals surface area (Å²) < 4.78 is 29.7. The zero-order valence-corrected chi connectivity index (χ0v) is 19.0. The molecule has 0 aliphatic carbocycles. The van der Waals surface area contributed by atoms with Gasteiger partial charge in [0.2, 0.25) is 10.0 Å². The lowest BCUT2D eigenvalue weighted by Gasteiger charge is -2.11. The van der Waals surface area contributed by atoms with Crippen molar-refractivity contribution >= 4 is 39.1 Å². The molecule has 2 heterocycles. The van der Waals surface area contributed by atoms with Gasteiger partial charge in [0.05, 0.1) is 15.3 Å². The summed E-state index contributed by atoms with van der Waals surface area (Å²) in [6.07, 6.45) is 0. The van der Waals surface area contributed by atoms with E-state index in [1.165, 1.54) is 23.5 Å². The van der Waals surface area contributed by atoms with Crippen LogP contribution in [0, 0.1) is 13.8 Å². The van der Waals surface area contributed by atoms with Gasteiger partial charge in [0, 0.05) is 17.9 Å². The zero-order valence-electron chi connectivity index (χ0n) is 17.3. The number of aromatic nitrogens is 1. The monoisotopic (exact) mass is 475 g/mol. The number of rotatable bonds is 7. The Morgan fingerprint density at radius 2 is 1.81 bits per heavy atom. The SMILES string of the molecule is Cc1cc(C(=O)OCC(=O)NC(=O)c2cccs2)c(C)n1Cc1ccc(S(N)(=O)=O)cc1. The zero-order chi connectivity index (χ0) is 23.5. The number of imide groups is 1. The van der Waals surface area contributed by atoms with E-state index in [0.717, 1.165) is 11.3 Å². The van der Waals surface area contributed by atoms with Crippen molar-refractivity contribution in [2.45, 2.75) is 25.3 Å². The molecule has 0 unspecified atom stereocenters. The van der Waals surface area contributed by atoms with E-state index in [4.69, 9.17) is 9.88 Å². The van der Waals surface area contributed by atoms with Crippen molar-refractivity contribution in [3.63, 3.8) is 0 Å². The average Bonchev–Trinajstić information content (AvgIpc) is 3.36. The molecule has 2 amide bonds. The van der Waals surface area contributed by atoms with Crippen LogP contribution in [0.4, 0.5) is 0 Å². The quantitative estimate of drug-likeness (QED) is 0.501. The number of thiophene rings is 1. The molecule has 0 saturated heterocycles. The van der Waals surface area contributed by atoms with Crippen LogP contribution in [0.5, 0.6) is 0 Å². The number of carbonyl (C=O) groups excluding carboxylic acids is 3. The minimum Gasteiger partial charge on any atom is -0.452 e. The number of primary sulfonamides is 1. The maximum absolute atomic E-state index is 12.5. The Morgan fingerprint density at radius 1 is 1.12 bits per heavy atom. The summed E-state index contributed by atoms with van der Waals surface area (Å²) in [4.78, 5) is 36.7. The van der Waals surface area contributed by atoms with Crippen molar-refractivity contribution in [1.82, 2.24) is 9.88 Å². The van der Waals surface area contributed by atoms with E-state index in [9.17, 15) is 22.8 Å². The number of nitrogens with zero attached hydrogens (tertiary/aromatic N) is 1. The first-order valence-electron chi connectivity index (χ1n) is 9.39. The van der Waals surface area contributed by atoms with E-state index in [1.807, 2.05) is 11.5 Å². The first kappa shape index (κ1) is 23.4. The van der Waals surface area contributed by atoms with E-state index in [2.05, 4.69) is 5.32 Å². The molecular formula is C21H21N3O6S2. The van der Waals surface area contributed by atoms with Crippen LogP contribution >= 0.6 is 11.3 Å². The number of hydrogen-bond donors (Lipinski definition) is 2. The van der Waals surface area contributed by atoms with Gasteiger partial charge in [0.15, 0.2) is 6.61 Å². The van der Waals surface area contributed by atoms with Crippen molar-refractivity contribution in [2.75, 3.05) is 6.61 Å². The fraction of sp³-hybridized carbons (Fsp3) is 0.190. The average molecular weight is 476 g/mol. The van der Waals surface area contributed by atoms with Crippen molar-refractivity contribution in [3.05, 3.63) is 75.2 Å². The van der Waals surface area contributed by atoms with E-state index >= 15 is 0 Å². The number of carbonyl (C=O) groups is 3. The van der Waals surface area contributed by atoms with Crippen LogP contribution in [0.2, 0.25) is 0 Å². The molecule has 2 aromatic heterocycles. The van der Waals surface area contributed by atoms with Gasteiger partial charge in [-0.1, -0.05) is 18.2 Å². The van der Waals surface area contributed by atoms with Crippen LogP contribution in [0.1, 0.15) is 37.0 Å². The Balaban J connectivity index is 1.64. The number of aryl methyl sites for hydroxylation is 1. The molecule has 0 aliphatic rings. The highest BCUT2D eigenvalue weighted by Crippen LogP contribution is 2.19. The molecule has 9 nitrogen and oxygen atoms in total. The molecule has 168 valence electrons. The molecule has 0 bridgehead atoms. The first-order chi connectivity index (χ1) is 15.1. The second kappa shape index (κ2) is 9.47. The molecular weight excluding hydrogens is 454 g/mol. The number of sulfonamides is 1. The topological polar surface area (TPSA) is 138 Å². The Morgan fingerprint density at radius 3 is 2.41 bits per heavy atom. The van der Waals surface area contributed by atoms with Crippen LogP contribution < -0.4 is 10.5 Å². The van der Waals surface area contributed by atoms with Gasteiger partial charge < -0.3 is 9.30 Å². The predicted molar refractivity (Wildman–Crippen MR) is 118 cm³/mol. The summed E-state index contributed by atoms with van der Waals surface area (Å²) >= 11 is 1.19. The highest BCUT2D eigenvalue weighted by atomic mass is 32.2. The lowest BCUT2D eigenvalue weighted by molar-refractivity contribution is -0.123. The number of ether oxygens (including phenoxy) is 1. The van der Waals surface area contributed by atoms with Crippen molar-refractivity contribution in [2.24, 2.45) is 5.14 Å².